The molecular formula is C13H13F6NO. The van der Waals surface area contributed by atoms with E-state index in [1.165, 1.54) is 0 Å². The number of hydrogen-bond donors (Lipinski definition) is 0. The molecule has 0 bridgehead atoms. The zero-order valence-corrected chi connectivity index (χ0v) is 11.3. The first kappa shape index (κ1) is 15.9. The van der Waals surface area contributed by atoms with Gasteiger partial charge in [-0.2, -0.15) is 26.3 Å². The Hall–Kier alpha value is -1.44. The van der Waals surface area contributed by atoms with Gasteiger partial charge in [-0.3, -0.25) is 4.90 Å². The molecule has 1 aliphatic rings. The van der Waals surface area contributed by atoms with Crippen molar-refractivity contribution in [3.05, 3.63) is 28.8 Å². The summed E-state index contributed by atoms with van der Waals surface area (Å²) in [5.74, 6) is -0.507. The molecule has 1 aromatic rings. The van der Waals surface area contributed by atoms with Gasteiger partial charge < -0.3 is 4.74 Å². The Morgan fingerprint density at radius 3 is 2.14 bits per heavy atom. The lowest BCUT2D eigenvalue weighted by atomic mass is 10.0. The first-order valence-electron chi connectivity index (χ1n) is 6.18. The van der Waals surface area contributed by atoms with Gasteiger partial charge in [-0.1, -0.05) is 0 Å². The fourth-order valence-electron chi connectivity index (χ4n) is 2.09. The third-order valence-electron chi connectivity index (χ3n) is 3.28. The maximum Gasteiger partial charge on any atom is 0.419 e. The molecule has 0 atom stereocenters. The number of benzene rings is 1. The van der Waals surface area contributed by atoms with Crippen LogP contribution in [-0.2, 0) is 18.9 Å². The highest BCUT2D eigenvalue weighted by molar-refractivity contribution is 5.48. The minimum absolute atomic E-state index is 0.0139. The van der Waals surface area contributed by atoms with Crippen molar-refractivity contribution in [2.75, 3.05) is 6.73 Å². The lowest BCUT2D eigenvalue weighted by Crippen LogP contribution is -2.38. The Bertz CT molecular complexity index is 535. The van der Waals surface area contributed by atoms with Crippen LogP contribution in [0.4, 0.5) is 26.3 Å². The Morgan fingerprint density at radius 2 is 1.67 bits per heavy atom. The molecule has 0 aromatic heterocycles. The topological polar surface area (TPSA) is 12.5 Å². The number of nitrogens with zero attached hydrogens (tertiary/aromatic N) is 1. The standard InChI is InChI=1S/C13H13F6NO/c1-7(2)20-5-8-3-9(12(14,15)16)4-10(13(17,18)19)11(8)21-6-20/h3-4,7H,5-6H2,1-2H3. The SMILES string of the molecule is CC(C)N1COc2c(cc(C(F)(F)F)cc2C(F)(F)F)C1. The number of hydrogen-bond acceptors (Lipinski definition) is 2. The third kappa shape index (κ3) is 3.25. The van der Waals surface area contributed by atoms with Crippen molar-refractivity contribution in [1.29, 1.82) is 0 Å². The molecule has 0 saturated carbocycles. The highest BCUT2D eigenvalue weighted by Gasteiger charge is 2.41. The van der Waals surface area contributed by atoms with Gasteiger partial charge in [-0.05, 0) is 26.0 Å². The molecule has 0 fully saturated rings. The molecule has 2 nitrogen and oxygen atoms in total. The van der Waals surface area contributed by atoms with E-state index in [0.717, 1.165) is 6.07 Å². The quantitative estimate of drug-likeness (QED) is 0.717. The normalized spacial score (nSPS) is 16.8. The molecule has 0 saturated heterocycles. The summed E-state index contributed by atoms with van der Waals surface area (Å²) in [5, 5.41) is 0. The third-order valence-corrected chi connectivity index (χ3v) is 3.28. The average molecular weight is 313 g/mol. The summed E-state index contributed by atoms with van der Waals surface area (Å²) in [6, 6.07) is 0.769. The monoisotopic (exact) mass is 313 g/mol. The second-order valence-electron chi connectivity index (χ2n) is 5.12. The molecular weight excluding hydrogens is 300 g/mol. The molecule has 118 valence electrons. The molecule has 0 spiro atoms. The minimum Gasteiger partial charge on any atom is -0.477 e. The van der Waals surface area contributed by atoms with Crippen LogP contribution in [0, 0.1) is 0 Å². The second-order valence-corrected chi connectivity index (χ2v) is 5.12. The molecule has 1 aromatic carbocycles. The zero-order valence-electron chi connectivity index (χ0n) is 11.3. The van der Waals surface area contributed by atoms with Gasteiger partial charge in [-0.15, -0.1) is 0 Å². The van der Waals surface area contributed by atoms with E-state index >= 15 is 0 Å². The van der Waals surface area contributed by atoms with Crippen LogP contribution >= 0.6 is 0 Å². The van der Waals surface area contributed by atoms with Crippen molar-refractivity contribution in [2.45, 2.75) is 38.8 Å². The van der Waals surface area contributed by atoms with Crippen LogP contribution in [0.5, 0.6) is 5.75 Å². The summed E-state index contributed by atoms with van der Waals surface area (Å²) in [6.07, 6.45) is -9.74. The van der Waals surface area contributed by atoms with Gasteiger partial charge >= 0.3 is 12.4 Å². The van der Waals surface area contributed by atoms with Crippen LogP contribution in [-0.4, -0.2) is 17.7 Å². The van der Waals surface area contributed by atoms with Crippen LogP contribution in [0.25, 0.3) is 0 Å². The summed E-state index contributed by atoms with van der Waals surface area (Å²) in [7, 11) is 0. The van der Waals surface area contributed by atoms with E-state index < -0.39 is 29.2 Å². The molecule has 21 heavy (non-hydrogen) atoms. The van der Waals surface area contributed by atoms with Crippen LogP contribution in [0.3, 0.4) is 0 Å². The van der Waals surface area contributed by atoms with Crippen LogP contribution in [0.1, 0.15) is 30.5 Å². The van der Waals surface area contributed by atoms with E-state index in [9.17, 15) is 26.3 Å². The van der Waals surface area contributed by atoms with Crippen LogP contribution in [0.15, 0.2) is 12.1 Å². The van der Waals surface area contributed by atoms with Crippen molar-refractivity contribution in [3.8, 4) is 5.75 Å². The maximum atomic E-state index is 12.9. The Kier molecular flexibility index (Phi) is 3.86. The number of halogens is 6. The fraction of sp³-hybridized carbons (Fsp3) is 0.538. The van der Waals surface area contributed by atoms with Crippen molar-refractivity contribution in [3.63, 3.8) is 0 Å². The molecule has 0 unspecified atom stereocenters. The predicted octanol–water partition coefficient (Wildman–Crippen LogP) is 4.28. The average Bonchev–Trinajstić information content (AvgIpc) is 2.34. The van der Waals surface area contributed by atoms with Crippen molar-refractivity contribution in [1.82, 2.24) is 4.90 Å². The molecule has 0 amide bonds. The highest BCUT2D eigenvalue weighted by atomic mass is 19.4. The lowest BCUT2D eigenvalue weighted by Gasteiger charge is -2.33. The smallest absolute Gasteiger partial charge is 0.419 e. The number of ether oxygens (including phenoxy) is 1. The van der Waals surface area contributed by atoms with E-state index in [0.29, 0.717) is 0 Å². The van der Waals surface area contributed by atoms with Gasteiger partial charge in [0.1, 0.15) is 12.5 Å². The first-order valence-corrected chi connectivity index (χ1v) is 6.18. The summed E-state index contributed by atoms with van der Waals surface area (Å²) in [4.78, 5) is 1.64. The number of fused-ring (bicyclic) bond motifs is 1. The van der Waals surface area contributed by atoms with E-state index in [4.69, 9.17) is 4.74 Å². The Labute approximate surface area is 117 Å². The predicted molar refractivity (Wildman–Crippen MR) is 62.6 cm³/mol. The Morgan fingerprint density at radius 1 is 1.05 bits per heavy atom. The molecule has 8 heteroatoms. The van der Waals surface area contributed by atoms with Gasteiger partial charge in [0.05, 0.1) is 11.1 Å². The fourth-order valence-corrected chi connectivity index (χ4v) is 2.09. The first-order chi connectivity index (χ1) is 9.50. The summed E-state index contributed by atoms with van der Waals surface area (Å²) in [6.45, 7) is 3.47. The molecule has 1 heterocycles. The number of alkyl halides is 6. The van der Waals surface area contributed by atoms with Crippen molar-refractivity contribution < 1.29 is 31.1 Å². The van der Waals surface area contributed by atoms with E-state index in [1.54, 1.807) is 18.7 Å². The Balaban J connectivity index is 2.56. The molecule has 0 N–H and O–H groups in total. The largest absolute Gasteiger partial charge is 0.477 e. The maximum absolute atomic E-state index is 12.9. The van der Waals surface area contributed by atoms with E-state index in [-0.39, 0.29) is 30.9 Å². The van der Waals surface area contributed by atoms with E-state index in [1.807, 2.05) is 0 Å². The van der Waals surface area contributed by atoms with Gasteiger partial charge in [0.2, 0.25) is 0 Å². The zero-order chi connectivity index (χ0) is 16.0. The highest BCUT2D eigenvalue weighted by Crippen LogP contribution is 2.44. The molecule has 0 aliphatic carbocycles. The summed E-state index contributed by atoms with van der Waals surface area (Å²) >= 11 is 0. The summed E-state index contributed by atoms with van der Waals surface area (Å²) in [5.41, 5.74) is -2.80. The van der Waals surface area contributed by atoms with Crippen molar-refractivity contribution in [2.24, 2.45) is 0 Å². The molecule has 2 rings (SSSR count). The van der Waals surface area contributed by atoms with E-state index in [2.05, 4.69) is 0 Å². The lowest BCUT2D eigenvalue weighted by molar-refractivity contribution is -0.144. The van der Waals surface area contributed by atoms with Gasteiger partial charge in [0, 0.05) is 18.2 Å². The van der Waals surface area contributed by atoms with Crippen LogP contribution in [0.2, 0.25) is 0 Å². The van der Waals surface area contributed by atoms with Crippen molar-refractivity contribution >= 4 is 0 Å². The second kappa shape index (κ2) is 5.08. The minimum atomic E-state index is -4.90. The molecule has 1 aliphatic heterocycles. The van der Waals surface area contributed by atoms with Crippen LogP contribution < -0.4 is 4.74 Å². The van der Waals surface area contributed by atoms with Gasteiger partial charge in [0.25, 0.3) is 0 Å². The van der Waals surface area contributed by atoms with Gasteiger partial charge in [-0.25, -0.2) is 0 Å². The summed E-state index contributed by atoms with van der Waals surface area (Å²) < 4.78 is 82.2. The van der Waals surface area contributed by atoms with Gasteiger partial charge in [0.15, 0.2) is 0 Å². The molecule has 0 radical (unpaired) electrons. The number of rotatable bonds is 1.